The topological polar surface area (TPSA) is 61.7 Å². The van der Waals surface area contributed by atoms with Crippen LogP contribution in [-0.4, -0.2) is 17.2 Å². The zero-order valence-corrected chi connectivity index (χ0v) is 8.77. The van der Waals surface area contributed by atoms with Gasteiger partial charge in [-0.25, -0.2) is 5.43 Å². The number of carbonyl (C=O) groups is 1. The first-order valence-corrected chi connectivity index (χ1v) is 4.72. The molecule has 0 aromatic heterocycles. The Bertz CT molecular complexity index is 373. The van der Waals surface area contributed by atoms with Crippen LogP contribution in [0.3, 0.4) is 0 Å². The molecule has 2 N–H and O–H groups in total. The van der Waals surface area contributed by atoms with Crippen molar-refractivity contribution < 1.29 is 9.90 Å². The molecule has 80 valence electrons. The summed E-state index contributed by atoms with van der Waals surface area (Å²) in [6.07, 6.45) is 1.62. The number of amides is 1. The lowest BCUT2D eigenvalue weighted by atomic mass is 10.2. The maximum absolute atomic E-state index is 11.5. The van der Waals surface area contributed by atoms with Crippen molar-refractivity contribution in [2.45, 2.75) is 13.8 Å². The number of hydrogen-bond donors (Lipinski definition) is 2. The third-order valence-electron chi connectivity index (χ3n) is 1.69. The fraction of sp³-hybridized carbons (Fsp3) is 0.273. The van der Waals surface area contributed by atoms with Gasteiger partial charge in [-0.3, -0.25) is 4.79 Å². The van der Waals surface area contributed by atoms with Gasteiger partial charge in [0.15, 0.2) is 0 Å². The first-order valence-electron chi connectivity index (χ1n) is 4.72. The van der Waals surface area contributed by atoms with Gasteiger partial charge in [0, 0.05) is 6.21 Å². The molecule has 15 heavy (non-hydrogen) atoms. The number of hydrazone groups is 1. The summed E-state index contributed by atoms with van der Waals surface area (Å²) in [5, 5.41) is 13.1. The number of nitrogens with zero attached hydrogens (tertiary/aromatic N) is 1. The molecule has 0 saturated carbocycles. The van der Waals surface area contributed by atoms with Gasteiger partial charge < -0.3 is 5.11 Å². The van der Waals surface area contributed by atoms with E-state index in [9.17, 15) is 9.90 Å². The SMILES string of the molecule is CC(C)/C=N/NC(=O)c1ccccc1O. The maximum atomic E-state index is 11.5. The Hall–Kier alpha value is -1.84. The zero-order valence-electron chi connectivity index (χ0n) is 8.77. The summed E-state index contributed by atoms with van der Waals surface area (Å²) in [4.78, 5) is 11.5. The van der Waals surface area contributed by atoms with Crippen molar-refractivity contribution in [1.29, 1.82) is 0 Å². The van der Waals surface area contributed by atoms with E-state index in [1.54, 1.807) is 18.3 Å². The van der Waals surface area contributed by atoms with E-state index >= 15 is 0 Å². The minimum atomic E-state index is -0.412. The van der Waals surface area contributed by atoms with Gasteiger partial charge in [0.05, 0.1) is 5.56 Å². The molecular weight excluding hydrogens is 192 g/mol. The van der Waals surface area contributed by atoms with E-state index in [4.69, 9.17) is 0 Å². The summed E-state index contributed by atoms with van der Waals surface area (Å²) in [6, 6.07) is 6.33. The second-order valence-electron chi connectivity index (χ2n) is 3.48. The van der Waals surface area contributed by atoms with Gasteiger partial charge in [0.1, 0.15) is 5.75 Å². The highest BCUT2D eigenvalue weighted by atomic mass is 16.3. The molecular formula is C11H14N2O2. The fourth-order valence-electron chi connectivity index (χ4n) is 0.971. The Labute approximate surface area is 88.6 Å². The van der Waals surface area contributed by atoms with Crippen LogP contribution in [0.1, 0.15) is 24.2 Å². The van der Waals surface area contributed by atoms with Gasteiger partial charge in [-0.15, -0.1) is 0 Å². The van der Waals surface area contributed by atoms with E-state index in [-0.39, 0.29) is 17.2 Å². The average molecular weight is 206 g/mol. The van der Waals surface area contributed by atoms with Gasteiger partial charge in [-0.1, -0.05) is 26.0 Å². The van der Waals surface area contributed by atoms with Crippen molar-refractivity contribution in [1.82, 2.24) is 5.43 Å². The van der Waals surface area contributed by atoms with Crippen LogP contribution in [0.2, 0.25) is 0 Å². The fourth-order valence-corrected chi connectivity index (χ4v) is 0.971. The first kappa shape index (κ1) is 11.2. The highest BCUT2D eigenvalue weighted by Crippen LogP contribution is 2.14. The highest BCUT2D eigenvalue weighted by molar-refractivity contribution is 5.96. The number of nitrogens with one attached hydrogen (secondary N) is 1. The predicted octanol–water partition coefficient (Wildman–Crippen LogP) is 1.76. The molecule has 1 aromatic carbocycles. The Morgan fingerprint density at radius 3 is 2.73 bits per heavy atom. The van der Waals surface area contributed by atoms with Gasteiger partial charge in [-0.2, -0.15) is 5.10 Å². The van der Waals surface area contributed by atoms with Crippen LogP contribution >= 0.6 is 0 Å². The quantitative estimate of drug-likeness (QED) is 0.584. The van der Waals surface area contributed by atoms with Gasteiger partial charge in [0.25, 0.3) is 5.91 Å². The van der Waals surface area contributed by atoms with Crippen molar-refractivity contribution >= 4 is 12.1 Å². The lowest BCUT2D eigenvalue weighted by Gasteiger charge is -2.02. The van der Waals surface area contributed by atoms with Crippen LogP contribution in [0, 0.1) is 5.92 Å². The number of phenolic OH excluding ortho intramolecular Hbond substituents is 1. The third-order valence-corrected chi connectivity index (χ3v) is 1.69. The van der Waals surface area contributed by atoms with Crippen molar-refractivity contribution in [3.05, 3.63) is 29.8 Å². The summed E-state index contributed by atoms with van der Waals surface area (Å²) < 4.78 is 0. The average Bonchev–Trinajstić information content (AvgIpc) is 2.17. The number of hydrogen-bond acceptors (Lipinski definition) is 3. The number of para-hydroxylation sites is 1. The molecule has 4 nitrogen and oxygen atoms in total. The van der Waals surface area contributed by atoms with Crippen LogP contribution < -0.4 is 5.43 Å². The summed E-state index contributed by atoms with van der Waals surface area (Å²) in [5.74, 6) is -0.186. The number of benzene rings is 1. The Balaban J connectivity index is 2.66. The maximum Gasteiger partial charge on any atom is 0.275 e. The molecule has 0 heterocycles. The normalized spacial score (nSPS) is 10.9. The van der Waals surface area contributed by atoms with E-state index in [0.29, 0.717) is 0 Å². The minimum Gasteiger partial charge on any atom is -0.507 e. The Morgan fingerprint density at radius 1 is 1.47 bits per heavy atom. The first-order chi connectivity index (χ1) is 7.11. The number of aromatic hydroxyl groups is 1. The standard InChI is InChI=1S/C11H14N2O2/c1-8(2)7-12-13-11(15)9-5-3-4-6-10(9)14/h3-8,14H,1-2H3,(H,13,15)/b12-7+. The summed E-state index contributed by atoms with van der Waals surface area (Å²) in [6.45, 7) is 3.91. The van der Waals surface area contributed by atoms with Gasteiger partial charge >= 0.3 is 0 Å². The Morgan fingerprint density at radius 2 is 2.13 bits per heavy atom. The monoisotopic (exact) mass is 206 g/mol. The van der Waals surface area contributed by atoms with Crippen LogP contribution in [0.4, 0.5) is 0 Å². The molecule has 0 saturated heterocycles. The van der Waals surface area contributed by atoms with Crippen molar-refractivity contribution in [2.75, 3.05) is 0 Å². The molecule has 0 unspecified atom stereocenters. The molecule has 0 aliphatic rings. The van der Waals surface area contributed by atoms with E-state index in [1.807, 2.05) is 13.8 Å². The molecule has 0 bridgehead atoms. The summed E-state index contributed by atoms with van der Waals surface area (Å²) >= 11 is 0. The number of phenols is 1. The zero-order chi connectivity index (χ0) is 11.3. The predicted molar refractivity (Wildman–Crippen MR) is 58.9 cm³/mol. The summed E-state index contributed by atoms with van der Waals surface area (Å²) in [5.41, 5.74) is 2.56. The van der Waals surface area contributed by atoms with E-state index in [1.165, 1.54) is 12.1 Å². The highest BCUT2D eigenvalue weighted by Gasteiger charge is 2.08. The molecule has 0 spiro atoms. The molecule has 0 atom stereocenters. The largest absolute Gasteiger partial charge is 0.507 e. The third kappa shape index (κ3) is 3.42. The molecule has 1 rings (SSSR count). The molecule has 0 radical (unpaired) electrons. The van der Waals surface area contributed by atoms with E-state index in [0.717, 1.165) is 0 Å². The van der Waals surface area contributed by atoms with Crippen LogP contribution in [0.15, 0.2) is 29.4 Å². The van der Waals surface area contributed by atoms with Gasteiger partial charge in [0.2, 0.25) is 0 Å². The lowest BCUT2D eigenvalue weighted by Crippen LogP contribution is -2.18. The van der Waals surface area contributed by atoms with Crippen LogP contribution in [0.25, 0.3) is 0 Å². The van der Waals surface area contributed by atoms with Crippen LogP contribution in [-0.2, 0) is 0 Å². The molecule has 0 aliphatic carbocycles. The van der Waals surface area contributed by atoms with Crippen molar-refractivity contribution in [2.24, 2.45) is 11.0 Å². The summed E-state index contributed by atoms with van der Waals surface area (Å²) in [7, 11) is 0. The van der Waals surface area contributed by atoms with Crippen LogP contribution in [0.5, 0.6) is 5.75 Å². The second-order valence-corrected chi connectivity index (χ2v) is 3.48. The van der Waals surface area contributed by atoms with E-state index < -0.39 is 5.91 Å². The second kappa shape index (κ2) is 5.14. The van der Waals surface area contributed by atoms with E-state index in [2.05, 4.69) is 10.5 Å². The van der Waals surface area contributed by atoms with Gasteiger partial charge in [-0.05, 0) is 18.1 Å². The van der Waals surface area contributed by atoms with Crippen molar-refractivity contribution in [3.63, 3.8) is 0 Å². The Kier molecular flexibility index (Phi) is 3.85. The molecule has 0 fully saturated rings. The lowest BCUT2D eigenvalue weighted by molar-refractivity contribution is 0.0952. The molecule has 1 aromatic rings. The molecule has 1 amide bonds. The molecule has 4 heteroatoms. The number of rotatable bonds is 3. The minimum absolute atomic E-state index is 0.0465. The molecule has 0 aliphatic heterocycles. The smallest absolute Gasteiger partial charge is 0.275 e. The van der Waals surface area contributed by atoms with Crippen molar-refractivity contribution in [3.8, 4) is 5.75 Å². The number of carbonyl (C=O) groups excluding carboxylic acids is 1.